The number of hydrogen-bond acceptors (Lipinski definition) is 6. The van der Waals surface area contributed by atoms with Crippen molar-refractivity contribution in [2.24, 2.45) is 5.92 Å². The lowest BCUT2D eigenvalue weighted by Gasteiger charge is -2.28. The number of hydrogen-bond donors (Lipinski definition) is 1. The second kappa shape index (κ2) is 8.35. The minimum atomic E-state index is 0.419. The molecule has 7 heteroatoms. The van der Waals surface area contributed by atoms with Gasteiger partial charge in [-0.05, 0) is 39.4 Å². The molecular formula is C17H25ClN6. The molecule has 0 fully saturated rings. The summed E-state index contributed by atoms with van der Waals surface area (Å²) in [5.74, 6) is 2.22. The number of rotatable bonds is 7. The lowest BCUT2D eigenvalue weighted by molar-refractivity contribution is 0.223. The Kier molecular flexibility index (Phi) is 6.45. The number of halogens is 1. The van der Waals surface area contributed by atoms with Crippen molar-refractivity contribution >= 4 is 17.4 Å². The van der Waals surface area contributed by atoms with E-state index >= 15 is 0 Å². The highest BCUT2D eigenvalue weighted by molar-refractivity contribution is 6.30. The minimum absolute atomic E-state index is 0.419. The molecule has 2 rings (SSSR count). The third-order valence-electron chi connectivity index (χ3n) is 4.02. The summed E-state index contributed by atoms with van der Waals surface area (Å²) in [7, 11) is 4.23. The van der Waals surface area contributed by atoms with Crippen molar-refractivity contribution in [3.8, 4) is 11.6 Å². The molecule has 1 atom stereocenters. The van der Waals surface area contributed by atoms with E-state index in [9.17, 15) is 0 Å². The Balaban J connectivity index is 2.14. The molecule has 0 aliphatic heterocycles. The van der Waals surface area contributed by atoms with Crippen LogP contribution in [0.2, 0.25) is 5.15 Å². The maximum absolute atomic E-state index is 6.26. The maximum atomic E-state index is 6.26. The third kappa shape index (κ3) is 4.61. The van der Waals surface area contributed by atoms with E-state index in [0.29, 0.717) is 28.8 Å². The monoisotopic (exact) mass is 348 g/mol. The first-order valence-electron chi connectivity index (χ1n) is 8.12. The molecule has 130 valence electrons. The summed E-state index contributed by atoms with van der Waals surface area (Å²) < 4.78 is 0. The predicted molar refractivity (Wildman–Crippen MR) is 98.2 cm³/mol. The zero-order valence-electron chi connectivity index (χ0n) is 14.9. The zero-order chi connectivity index (χ0) is 17.7. The Hall–Kier alpha value is -1.79. The summed E-state index contributed by atoms with van der Waals surface area (Å²) in [5.41, 5.74) is 0.835. The average molecular weight is 349 g/mol. The minimum Gasteiger partial charge on any atom is -0.370 e. The Morgan fingerprint density at radius 2 is 1.79 bits per heavy atom. The van der Waals surface area contributed by atoms with E-state index in [1.165, 1.54) is 0 Å². The highest BCUT2D eigenvalue weighted by Gasteiger charge is 2.16. The van der Waals surface area contributed by atoms with Gasteiger partial charge >= 0.3 is 0 Å². The van der Waals surface area contributed by atoms with Crippen LogP contribution in [0.5, 0.6) is 0 Å². The summed E-state index contributed by atoms with van der Waals surface area (Å²) in [4.78, 5) is 19.5. The van der Waals surface area contributed by atoms with Crippen LogP contribution in [0.4, 0.5) is 5.82 Å². The highest BCUT2D eigenvalue weighted by atomic mass is 35.5. The van der Waals surface area contributed by atoms with Crippen molar-refractivity contribution in [3.05, 3.63) is 29.2 Å². The molecule has 2 heterocycles. The molecular weight excluding hydrogens is 324 g/mol. The standard InChI is InChI=1S/C17H25ClN6/c1-11(2)13(24(4)5)7-10-21-15-12(3)14(18)22-17(23-15)16-19-8-6-9-20-16/h6,8-9,11,13H,7,10H2,1-5H3,(H,21,22,23). The molecule has 0 saturated heterocycles. The van der Waals surface area contributed by atoms with E-state index in [0.717, 1.165) is 24.3 Å². The van der Waals surface area contributed by atoms with Gasteiger partial charge in [-0.1, -0.05) is 25.4 Å². The molecule has 0 radical (unpaired) electrons. The molecule has 0 aliphatic carbocycles. The van der Waals surface area contributed by atoms with E-state index < -0.39 is 0 Å². The van der Waals surface area contributed by atoms with Gasteiger partial charge in [0.05, 0.1) is 0 Å². The second-order valence-corrected chi connectivity index (χ2v) is 6.73. The van der Waals surface area contributed by atoms with Crippen molar-refractivity contribution in [3.63, 3.8) is 0 Å². The van der Waals surface area contributed by atoms with Crippen LogP contribution in [0.1, 0.15) is 25.8 Å². The van der Waals surface area contributed by atoms with Crippen LogP contribution >= 0.6 is 11.6 Å². The molecule has 2 aromatic heterocycles. The van der Waals surface area contributed by atoms with Crippen molar-refractivity contribution in [1.29, 1.82) is 0 Å². The second-order valence-electron chi connectivity index (χ2n) is 6.37. The summed E-state index contributed by atoms with van der Waals surface area (Å²) in [6.45, 7) is 7.20. The lowest BCUT2D eigenvalue weighted by atomic mass is 10.00. The van der Waals surface area contributed by atoms with Gasteiger partial charge in [-0.15, -0.1) is 0 Å². The molecule has 1 unspecified atom stereocenters. The first kappa shape index (κ1) is 18.5. The molecule has 2 aromatic rings. The molecule has 0 amide bonds. The van der Waals surface area contributed by atoms with Crippen LogP contribution in [-0.4, -0.2) is 51.5 Å². The van der Waals surface area contributed by atoms with E-state index in [1.807, 2.05) is 6.92 Å². The molecule has 6 nitrogen and oxygen atoms in total. The average Bonchev–Trinajstić information content (AvgIpc) is 2.55. The highest BCUT2D eigenvalue weighted by Crippen LogP contribution is 2.23. The van der Waals surface area contributed by atoms with Gasteiger partial charge in [0.1, 0.15) is 11.0 Å². The lowest BCUT2D eigenvalue weighted by Crippen LogP contribution is -2.34. The maximum Gasteiger partial charge on any atom is 0.201 e. The number of nitrogens with zero attached hydrogens (tertiary/aromatic N) is 5. The van der Waals surface area contributed by atoms with Crippen LogP contribution in [0.3, 0.4) is 0 Å². The van der Waals surface area contributed by atoms with E-state index in [2.05, 4.69) is 58.1 Å². The summed E-state index contributed by atoms with van der Waals surface area (Å²) in [6, 6.07) is 2.26. The molecule has 1 N–H and O–H groups in total. The van der Waals surface area contributed by atoms with Gasteiger partial charge in [0, 0.05) is 30.5 Å². The predicted octanol–water partition coefficient (Wildman–Crippen LogP) is 3.28. The van der Waals surface area contributed by atoms with Gasteiger partial charge in [0.25, 0.3) is 0 Å². The molecule has 0 aromatic carbocycles. The van der Waals surface area contributed by atoms with Gasteiger partial charge in [-0.3, -0.25) is 0 Å². The Morgan fingerprint density at radius 1 is 1.12 bits per heavy atom. The van der Waals surface area contributed by atoms with Crippen molar-refractivity contribution < 1.29 is 0 Å². The van der Waals surface area contributed by atoms with Crippen LogP contribution in [0.15, 0.2) is 18.5 Å². The zero-order valence-corrected chi connectivity index (χ0v) is 15.7. The first-order chi connectivity index (χ1) is 11.4. The fourth-order valence-electron chi connectivity index (χ4n) is 2.70. The van der Waals surface area contributed by atoms with Gasteiger partial charge in [-0.2, -0.15) is 0 Å². The van der Waals surface area contributed by atoms with Crippen LogP contribution in [0, 0.1) is 12.8 Å². The first-order valence-corrected chi connectivity index (χ1v) is 8.49. The normalized spacial score (nSPS) is 12.7. The Bertz CT molecular complexity index is 652. The molecule has 0 spiro atoms. The molecule has 0 aliphatic rings. The van der Waals surface area contributed by atoms with Crippen LogP contribution < -0.4 is 5.32 Å². The summed E-state index contributed by atoms with van der Waals surface area (Å²) >= 11 is 6.26. The van der Waals surface area contributed by atoms with Gasteiger partial charge in [0.2, 0.25) is 5.82 Å². The van der Waals surface area contributed by atoms with Crippen molar-refractivity contribution in [2.45, 2.75) is 33.2 Å². The molecule has 0 bridgehead atoms. The SMILES string of the molecule is Cc1c(Cl)nc(-c2ncccn2)nc1NCCC(C(C)C)N(C)C. The number of anilines is 1. The topological polar surface area (TPSA) is 66.8 Å². The van der Waals surface area contributed by atoms with Crippen LogP contribution in [-0.2, 0) is 0 Å². The van der Waals surface area contributed by atoms with Crippen molar-refractivity contribution in [1.82, 2.24) is 24.8 Å². The third-order valence-corrected chi connectivity index (χ3v) is 4.39. The van der Waals surface area contributed by atoms with Gasteiger partial charge in [0.15, 0.2) is 5.82 Å². The Labute approximate surface area is 148 Å². The number of aromatic nitrogens is 4. The molecule has 24 heavy (non-hydrogen) atoms. The van der Waals surface area contributed by atoms with Crippen LogP contribution in [0.25, 0.3) is 11.6 Å². The smallest absolute Gasteiger partial charge is 0.201 e. The van der Waals surface area contributed by atoms with Crippen molar-refractivity contribution in [2.75, 3.05) is 26.0 Å². The summed E-state index contributed by atoms with van der Waals surface area (Å²) in [5, 5.41) is 3.81. The van der Waals surface area contributed by atoms with Gasteiger partial charge < -0.3 is 10.2 Å². The van der Waals surface area contributed by atoms with E-state index in [1.54, 1.807) is 18.5 Å². The Morgan fingerprint density at radius 3 is 2.38 bits per heavy atom. The number of nitrogens with one attached hydrogen (secondary N) is 1. The fourth-order valence-corrected chi connectivity index (χ4v) is 2.87. The van der Waals surface area contributed by atoms with Gasteiger partial charge in [-0.25, -0.2) is 19.9 Å². The largest absolute Gasteiger partial charge is 0.370 e. The van der Waals surface area contributed by atoms with E-state index in [4.69, 9.17) is 11.6 Å². The quantitative estimate of drug-likeness (QED) is 0.774. The van der Waals surface area contributed by atoms with E-state index in [-0.39, 0.29) is 0 Å². The summed E-state index contributed by atoms with van der Waals surface area (Å²) in [6.07, 6.45) is 4.34. The molecule has 0 saturated carbocycles. The fraction of sp³-hybridized carbons (Fsp3) is 0.529.